The van der Waals surface area contributed by atoms with Gasteiger partial charge in [0, 0.05) is 24.7 Å². The van der Waals surface area contributed by atoms with Gasteiger partial charge in [-0.2, -0.15) is 0 Å². The van der Waals surface area contributed by atoms with Crippen LogP contribution in [0.25, 0.3) is 0 Å². The molecule has 5 rings (SSSR count). The van der Waals surface area contributed by atoms with Crippen molar-refractivity contribution in [3.8, 4) is 0 Å². The summed E-state index contributed by atoms with van der Waals surface area (Å²) in [5, 5.41) is 46.2. The molecule has 0 amide bonds. The Bertz CT molecular complexity index is 1190. The number of rotatable bonds is 5. The number of esters is 2. The monoisotopic (exact) mass is 602 g/mol. The van der Waals surface area contributed by atoms with Gasteiger partial charge in [0.2, 0.25) is 0 Å². The molecule has 0 heterocycles. The number of allylic oxidation sites excluding steroid dienone is 3. The number of hydrogen-bond donors (Lipinski definition) is 4. The highest BCUT2D eigenvalue weighted by Crippen LogP contribution is 2.76. The fraction of sp³-hybridized carbons (Fsp3) is 0.829. The summed E-state index contributed by atoms with van der Waals surface area (Å²) in [6, 6.07) is 0. The van der Waals surface area contributed by atoms with E-state index in [1.807, 2.05) is 13.8 Å². The van der Waals surface area contributed by atoms with Crippen LogP contribution in [0.3, 0.4) is 0 Å². The van der Waals surface area contributed by atoms with Gasteiger partial charge in [0.05, 0.1) is 30.8 Å². The lowest BCUT2D eigenvalue weighted by Crippen LogP contribution is -2.72. The molecule has 4 N–H and O–H groups in total. The Labute approximate surface area is 256 Å². The lowest BCUT2D eigenvalue weighted by molar-refractivity contribution is -0.260. The van der Waals surface area contributed by atoms with Crippen LogP contribution in [0.2, 0.25) is 0 Å². The molecule has 4 fully saturated rings. The summed E-state index contributed by atoms with van der Waals surface area (Å²) in [5.41, 5.74) is -2.20. The van der Waals surface area contributed by atoms with Gasteiger partial charge in [0.25, 0.3) is 0 Å². The molecule has 8 heteroatoms. The van der Waals surface area contributed by atoms with Crippen LogP contribution in [0.1, 0.15) is 93.4 Å². The van der Waals surface area contributed by atoms with Crippen molar-refractivity contribution in [3.63, 3.8) is 0 Å². The Morgan fingerprint density at radius 2 is 1.65 bits per heavy atom. The number of aliphatic hydroxyl groups excluding tert-OH is 4. The number of carbonyl (C=O) groups is 2. The van der Waals surface area contributed by atoms with Crippen molar-refractivity contribution in [3.05, 3.63) is 24.3 Å². The molecule has 8 nitrogen and oxygen atoms in total. The number of carbonyl (C=O) groups excluding carboxylic acids is 2. The maximum atomic E-state index is 12.1. The summed E-state index contributed by atoms with van der Waals surface area (Å²) in [5.74, 6) is -0.879. The SMILES string of the molecule is C=C[C@]12CC[C@H](O)[C@](C)(COC(C)=O)C1CC[C@]1(C)C2CC=C2C3CC(C)(C)[C@@H](OC(C)=O)[C@H](O)[C@]3(CO)[C@H](O)C[C@]21C. The van der Waals surface area contributed by atoms with E-state index in [2.05, 4.69) is 39.5 Å². The summed E-state index contributed by atoms with van der Waals surface area (Å²) in [6.07, 6.45) is 5.56. The van der Waals surface area contributed by atoms with Crippen LogP contribution in [-0.4, -0.2) is 70.0 Å². The number of hydrogen-bond acceptors (Lipinski definition) is 8. The third-order valence-electron chi connectivity index (χ3n) is 14.0. The first kappa shape index (κ1) is 32.6. The standard InChI is InChI=1S/C35H54O8/c1-9-34-15-13-26(39)31(6,19-42-20(2)37)24(34)12-14-32(7)25(34)11-10-22-23-16-30(4,5)29(43-21(3)38)28(41)35(23,18-36)27(40)17-33(22,32)8/h9-10,23-29,36,39-41H,1,11-19H2,2-8H3/t23?,24?,25?,26-,27+,28-,29-,31+,32+,33+,34-,35-/m0/s1. The lowest BCUT2D eigenvalue weighted by atomic mass is 9.32. The summed E-state index contributed by atoms with van der Waals surface area (Å²) in [6.45, 7) is 17.5. The van der Waals surface area contributed by atoms with E-state index in [9.17, 15) is 30.0 Å². The zero-order valence-corrected chi connectivity index (χ0v) is 27.2. The van der Waals surface area contributed by atoms with Crippen molar-refractivity contribution in [2.75, 3.05) is 13.2 Å². The van der Waals surface area contributed by atoms with Crippen molar-refractivity contribution >= 4 is 11.9 Å². The summed E-state index contributed by atoms with van der Waals surface area (Å²) < 4.78 is 11.2. The summed E-state index contributed by atoms with van der Waals surface area (Å²) >= 11 is 0. The molecule has 5 aliphatic rings. The third-order valence-corrected chi connectivity index (χ3v) is 14.0. The fourth-order valence-corrected chi connectivity index (χ4v) is 11.5. The highest BCUT2D eigenvalue weighted by atomic mass is 16.6. The zero-order chi connectivity index (χ0) is 32.0. The topological polar surface area (TPSA) is 134 Å². The van der Waals surface area contributed by atoms with E-state index in [4.69, 9.17) is 9.47 Å². The number of ether oxygens (including phenoxy) is 2. The molecule has 0 aromatic heterocycles. The molecule has 0 radical (unpaired) electrons. The molecule has 0 aliphatic heterocycles. The quantitative estimate of drug-likeness (QED) is 0.270. The minimum absolute atomic E-state index is 0.0715. The van der Waals surface area contributed by atoms with E-state index in [1.54, 1.807) is 0 Å². The molecule has 0 bridgehead atoms. The molecule has 12 atom stereocenters. The molecule has 43 heavy (non-hydrogen) atoms. The molecule has 0 aromatic carbocycles. The smallest absolute Gasteiger partial charge is 0.303 e. The van der Waals surface area contributed by atoms with Gasteiger partial charge >= 0.3 is 11.9 Å². The second kappa shape index (κ2) is 10.4. The summed E-state index contributed by atoms with van der Waals surface area (Å²) in [7, 11) is 0. The van der Waals surface area contributed by atoms with E-state index in [1.165, 1.54) is 19.4 Å². The van der Waals surface area contributed by atoms with E-state index >= 15 is 0 Å². The molecular weight excluding hydrogens is 548 g/mol. The van der Waals surface area contributed by atoms with Crippen molar-refractivity contribution in [2.45, 2.75) is 118 Å². The van der Waals surface area contributed by atoms with Crippen molar-refractivity contribution in [1.29, 1.82) is 0 Å². The Morgan fingerprint density at radius 3 is 2.23 bits per heavy atom. The second-order valence-electron chi connectivity index (χ2n) is 16.2. The van der Waals surface area contributed by atoms with Crippen LogP contribution in [0.15, 0.2) is 24.3 Å². The van der Waals surface area contributed by atoms with Crippen LogP contribution in [0.5, 0.6) is 0 Å². The van der Waals surface area contributed by atoms with Crippen LogP contribution >= 0.6 is 0 Å². The van der Waals surface area contributed by atoms with E-state index < -0.39 is 58.7 Å². The van der Waals surface area contributed by atoms with Gasteiger partial charge in [-0.25, -0.2) is 0 Å². The van der Waals surface area contributed by atoms with Gasteiger partial charge < -0.3 is 29.9 Å². The average Bonchev–Trinajstić information content (AvgIpc) is 2.92. The Kier molecular flexibility index (Phi) is 7.89. The minimum Gasteiger partial charge on any atom is -0.465 e. The van der Waals surface area contributed by atoms with Crippen molar-refractivity contribution in [1.82, 2.24) is 0 Å². The highest BCUT2D eigenvalue weighted by Gasteiger charge is 2.73. The normalized spacial score (nSPS) is 50.1. The average molecular weight is 603 g/mol. The number of fused-ring (bicyclic) bond motifs is 7. The third kappa shape index (κ3) is 4.21. The molecule has 0 aromatic rings. The van der Waals surface area contributed by atoms with Gasteiger partial charge in [-0.1, -0.05) is 52.3 Å². The van der Waals surface area contributed by atoms with Gasteiger partial charge in [-0.3, -0.25) is 9.59 Å². The lowest BCUT2D eigenvalue weighted by Gasteiger charge is -2.72. The summed E-state index contributed by atoms with van der Waals surface area (Å²) in [4.78, 5) is 23.9. The molecule has 5 aliphatic carbocycles. The molecule has 4 saturated carbocycles. The van der Waals surface area contributed by atoms with E-state index in [-0.39, 0.29) is 41.2 Å². The number of aliphatic hydroxyl groups is 4. The molecular formula is C35H54O8. The van der Waals surface area contributed by atoms with E-state index in [0.29, 0.717) is 19.3 Å². The van der Waals surface area contributed by atoms with Crippen LogP contribution < -0.4 is 0 Å². The maximum Gasteiger partial charge on any atom is 0.303 e. The van der Waals surface area contributed by atoms with Crippen LogP contribution in [0.4, 0.5) is 0 Å². The highest BCUT2D eigenvalue weighted by molar-refractivity contribution is 5.66. The maximum absolute atomic E-state index is 12.1. The predicted octanol–water partition coefficient (Wildman–Crippen LogP) is 4.33. The Balaban J connectivity index is 1.61. The first-order valence-electron chi connectivity index (χ1n) is 16.2. The Morgan fingerprint density at radius 1 is 0.977 bits per heavy atom. The first-order valence-corrected chi connectivity index (χ1v) is 16.2. The van der Waals surface area contributed by atoms with E-state index in [0.717, 1.165) is 25.7 Å². The second-order valence-corrected chi connectivity index (χ2v) is 16.2. The molecule has 3 unspecified atom stereocenters. The fourth-order valence-electron chi connectivity index (χ4n) is 11.5. The van der Waals surface area contributed by atoms with Crippen LogP contribution in [-0.2, 0) is 19.1 Å². The largest absolute Gasteiger partial charge is 0.465 e. The molecule has 0 saturated heterocycles. The van der Waals surface area contributed by atoms with Crippen molar-refractivity contribution in [2.24, 2.45) is 50.2 Å². The minimum atomic E-state index is -1.24. The molecule has 242 valence electrons. The van der Waals surface area contributed by atoms with Crippen LogP contribution in [0, 0.1) is 50.2 Å². The first-order chi connectivity index (χ1) is 19.9. The van der Waals surface area contributed by atoms with Crippen molar-refractivity contribution < 1.29 is 39.5 Å². The van der Waals surface area contributed by atoms with Gasteiger partial charge in [0.15, 0.2) is 0 Å². The van der Waals surface area contributed by atoms with Gasteiger partial charge in [-0.15, -0.1) is 6.58 Å². The Hall–Kier alpha value is -1.74. The van der Waals surface area contributed by atoms with Gasteiger partial charge in [0.1, 0.15) is 12.2 Å². The molecule has 0 spiro atoms. The van der Waals surface area contributed by atoms with Gasteiger partial charge in [-0.05, 0) is 78.9 Å². The predicted molar refractivity (Wildman–Crippen MR) is 161 cm³/mol. The zero-order valence-electron chi connectivity index (χ0n) is 27.2.